The van der Waals surface area contributed by atoms with Crippen LogP contribution in [0.15, 0.2) is 24.3 Å². The van der Waals surface area contributed by atoms with E-state index < -0.39 is 17.2 Å². The molecule has 29 heavy (non-hydrogen) atoms. The third-order valence-corrected chi connectivity index (χ3v) is 6.98. The molecule has 2 saturated heterocycles. The molecule has 1 saturated carbocycles. The van der Waals surface area contributed by atoms with Crippen molar-refractivity contribution >= 4 is 16.9 Å². The number of aliphatic hydroxyl groups excluding tert-OH is 1. The van der Waals surface area contributed by atoms with Gasteiger partial charge in [-0.05, 0) is 51.2 Å². The molecular weight excluding hydrogens is 368 g/mol. The standard InChI is InChI=1S/C22H30N4O3/c1-21(25-19(27)15-6-7-15)10-13-29-22(20(21)28)8-11-26(12-9-22)14-18-23-16-4-2-3-5-17(16)24-18/h2-5,15,20,28H,6-14H2,1H3,(H,23,24)(H,25,27)/t20-,21+/m1/s1. The second-order valence-corrected chi connectivity index (χ2v) is 9.22. The first kappa shape index (κ1) is 19.0. The summed E-state index contributed by atoms with van der Waals surface area (Å²) in [6.07, 6.45) is 3.40. The minimum atomic E-state index is -0.695. The lowest BCUT2D eigenvalue weighted by Gasteiger charge is -2.53. The van der Waals surface area contributed by atoms with Crippen molar-refractivity contribution in [2.24, 2.45) is 5.92 Å². The first-order valence-electron chi connectivity index (χ1n) is 10.8. The molecule has 7 heteroatoms. The molecule has 2 aromatic rings. The zero-order valence-corrected chi connectivity index (χ0v) is 17.0. The van der Waals surface area contributed by atoms with Gasteiger partial charge in [0.05, 0.1) is 28.7 Å². The van der Waals surface area contributed by atoms with Crippen molar-refractivity contribution < 1.29 is 14.6 Å². The number of carbonyl (C=O) groups excluding carboxylic acids is 1. The number of likely N-dealkylation sites (tertiary alicyclic amines) is 1. The van der Waals surface area contributed by atoms with Gasteiger partial charge in [-0.25, -0.2) is 4.98 Å². The van der Waals surface area contributed by atoms with Crippen LogP contribution in [0.3, 0.4) is 0 Å². The van der Waals surface area contributed by atoms with Crippen LogP contribution in [0.2, 0.25) is 0 Å². The Bertz CT molecular complexity index is 867. The molecule has 0 radical (unpaired) electrons. The van der Waals surface area contributed by atoms with Crippen molar-refractivity contribution in [1.29, 1.82) is 0 Å². The summed E-state index contributed by atoms with van der Waals surface area (Å²) in [6, 6.07) is 8.07. The maximum absolute atomic E-state index is 12.3. The Morgan fingerprint density at radius 1 is 1.31 bits per heavy atom. The number of hydrogen-bond acceptors (Lipinski definition) is 5. The molecule has 0 unspecified atom stereocenters. The molecule has 7 nitrogen and oxygen atoms in total. The van der Waals surface area contributed by atoms with Gasteiger partial charge in [-0.1, -0.05) is 12.1 Å². The summed E-state index contributed by atoms with van der Waals surface area (Å²) in [5, 5.41) is 14.4. The minimum absolute atomic E-state index is 0.0888. The molecule has 1 amide bonds. The number of imidazole rings is 1. The van der Waals surface area contributed by atoms with Crippen molar-refractivity contribution in [3.63, 3.8) is 0 Å². The lowest BCUT2D eigenvalue weighted by atomic mass is 9.73. The van der Waals surface area contributed by atoms with Gasteiger partial charge in [-0.3, -0.25) is 9.69 Å². The highest BCUT2D eigenvalue weighted by Crippen LogP contribution is 2.41. The normalized spacial score (nSPS) is 29.9. The molecule has 3 heterocycles. The number of nitrogens with zero attached hydrogens (tertiary/aromatic N) is 2. The Morgan fingerprint density at radius 2 is 2.07 bits per heavy atom. The molecule has 2 aliphatic heterocycles. The lowest BCUT2D eigenvalue weighted by molar-refractivity contribution is -0.208. The van der Waals surface area contributed by atoms with E-state index in [-0.39, 0.29) is 11.8 Å². The van der Waals surface area contributed by atoms with Gasteiger partial charge >= 0.3 is 0 Å². The number of carbonyl (C=O) groups is 1. The molecule has 1 spiro atoms. The van der Waals surface area contributed by atoms with Crippen LogP contribution in [0.4, 0.5) is 0 Å². The Balaban J connectivity index is 1.24. The number of aromatic amines is 1. The molecular formula is C22H30N4O3. The Hall–Kier alpha value is -1.96. The van der Waals surface area contributed by atoms with Gasteiger partial charge in [-0.15, -0.1) is 0 Å². The largest absolute Gasteiger partial charge is 0.388 e. The molecule has 0 bridgehead atoms. The number of piperidine rings is 1. The first-order chi connectivity index (χ1) is 14.0. The number of rotatable bonds is 4. The van der Waals surface area contributed by atoms with E-state index in [0.29, 0.717) is 13.0 Å². The predicted molar refractivity (Wildman–Crippen MR) is 109 cm³/mol. The molecule has 3 N–H and O–H groups in total. The van der Waals surface area contributed by atoms with E-state index in [9.17, 15) is 9.90 Å². The first-order valence-corrected chi connectivity index (χ1v) is 10.8. The number of H-pyrrole nitrogens is 1. The quantitative estimate of drug-likeness (QED) is 0.733. The van der Waals surface area contributed by atoms with E-state index in [1.54, 1.807) is 0 Å². The van der Waals surface area contributed by atoms with E-state index in [1.807, 2.05) is 31.2 Å². The van der Waals surface area contributed by atoms with Crippen LogP contribution in [0.25, 0.3) is 11.0 Å². The maximum atomic E-state index is 12.3. The number of amides is 1. The van der Waals surface area contributed by atoms with Gasteiger partial charge in [-0.2, -0.15) is 0 Å². The van der Waals surface area contributed by atoms with Crippen molar-refractivity contribution in [2.75, 3.05) is 19.7 Å². The molecule has 1 aromatic heterocycles. The van der Waals surface area contributed by atoms with E-state index in [2.05, 4.69) is 20.2 Å². The van der Waals surface area contributed by atoms with Crippen LogP contribution in [0.5, 0.6) is 0 Å². The average molecular weight is 399 g/mol. The fourth-order valence-electron chi connectivity index (χ4n) is 4.92. The Morgan fingerprint density at radius 3 is 2.79 bits per heavy atom. The summed E-state index contributed by atoms with van der Waals surface area (Å²) in [6.45, 7) is 4.98. The summed E-state index contributed by atoms with van der Waals surface area (Å²) in [5.74, 6) is 1.20. The number of nitrogens with one attached hydrogen (secondary N) is 2. The molecule has 1 aliphatic carbocycles. The second kappa shape index (κ2) is 7.07. The molecule has 156 valence electrons. The highest BCUT2D eigenvalue weighted by Gasteiger charge is 2.54. The molecule has 1 aromatic carbocycles. The summed E-state index contributed by atoms with van der Waals surface area (Å²) in [4.78, 5) is 22.8. The zero-order valence-electron chi connectivity index (χ0n) is 17.0. The van der Waals surface area contributed by atoms with E-state index in [1.165, 1.54) is 0 Å². The highest BCUT2D eigenvalue weighted by molar-refractivity contribution is 5.81. The molecule has 3 fully saturated rings. The maximum Gasteiger partial charge on any atom is 0.223 e. The molecule has 5 rings (SSSR count). The third-order valence-electron chi connectivity index (χ3n) is 6.98. The van der Waals surface area contributed by atoms with Crippen molar-refractivity contribution in [3.05, 3.63) is 30.1 Å². The van der Waals surface area contributed by atoms with E-state index >= 15 is 0 Å². The van der Waals surface area contributed by atoms with Crippen LogP contribution in [-0.4, -0.2) is 62.8 Å². The predicted octanol–water partition coefficient (Wildman–Crippen LogP) is 1.96. The van der Waals surface area contributed by atoms with Gasteiger partial charge in [0.2, 0.25) is 5.91 Å². The van der Waals surface area contributed by atoms with Gasteiger partial charge in [0.15, 0.2) is 0 Å². The molecule has 3 aliphatic rings. The summed E-state index contributed by atoms with van der Waals surface area (Å²) in [7, 11) is 0. The SMILES string of the molecule is C[C@]1(NC(=O)C2CC2)CCOC2(CCN(Cc3nc4ccccc4[nH]3)CC2)[C@@H]1O. The monoisotopic (exact) mass is 398 g/mol. The topological polar surface area (TPSA) is 90.5 Å². The zero-order chi connectivity index (χ0) is 20.1. The number of para-hydroxylation sites is 2. The van der Waals surface area contributed by atoms with Crippen LogP contribution >= 0.6 is 0 Å². The number of benzene rings is 1. The Labute approximate surface area is 170 Å². The third kappa shape index (κ3) is 3.56. The summed E-state index contributed by atoms with van der Waals surface area (Å²) >= 11 is 0. The van der Waals surface area contributed by atoms with Crippen molar-refractivity contribution in [1.82, 2.24) is 20.2 Å². The second-order valence-electron chi connectivity index (χ2n) is 9.22. The van der Waals surface area contributed by atoms with Crippen molar-refractivity contribution in [2.45, 2.75) is 62.8 Å². The summed E-state index contributed by atoms with van der Waals surface area (Å²) < 4.78 is 6.17. The van der Waals surface area contributed by atoms with Crippen LogP contribution in [-0.2, 0) is 16.1 Å². The Kier molecular flexibility index (Phi) is 4.64. The average Bonchev–Trinajstić information content (AvgIpc) is 3.48. The van der Waals surface area contributed by atoms with Gasteiger partial charge in [0.1, 0.15) is 11.9 Å². The van der Waals surface area contributed by atoms with Gasteiger partial charge in [0, 0.05) is 25.6 Å². The van der Waals surface area contributed by atoms with Crippen molar-refractivity contribution in [3.8, 4) is 0 Å². The highest BCUT2D eigenvalue weighted by atomic mass is 16.5. The number of aliphatic hydroxyl groups is 1. The summed E-state index contributed by atoms with van der Waals surface area (Å²) in [5.41, 5.74) is 0.862. The minimum Gasteiger partial charge on any atom is -0.388 e. The van der Waals surface area contributed by atoms with E-state index in [0.717, 1.165) is 62.2 Å². The lowest BCUT2D eigenvalue weighted by Crippen LogP contribution is -2.69. The fourth-order valence-corrected chi connectivity index (χ4v) is 4.92. The van der Waals surface area contributed by atoms with Crippen LogP contribution in [0, 0.1) is 5.92 Å². The van der Waals surface area contributed by atoms with Gasteiger partial charge in [0.25, 0.3) is 0 Å². The number of fused-ring (bicyclic) bond motifs is 1. The number of hydrogen-bond donors (Lipinski definition) is 3. The molecule has 2 atom stereocenters. The van der Waals surface area contributed by atoms with Crippen LogP contribution in [0.1, 0.15) is 44.9 Å². The van der Waals surface area contributed by atoms with E-state index in [4.69, 9.17) is 4.74 Å². The smallest absolute Gasteiger partial charge is 0.223 e. The van der Waals surface area contributed by atoms with Gasteiger partial charge < -0.3 is 20.1 Å². The fraction of sp³-hybridized carbons (Fsp3) is 0.636. The number of aromatic nitrogens is 2. The number of ether oxygens (including phenoxy) is 1. The van der Waals surface area contributed by atoms with Crippen LogP contribution < -0.4 is 5.32 Å².